The first kappa shape index (κ1) is 13.3. The molecule has 1 aromatic rings. The second-order valence-electron chi connectivity index (χ2n) is 5.13. The second kappa shape index (κ2) is 5.01. The van der Waals surface area contributed by atoms with E-state index in [1.165, 1.54) is 24.6 Å². The van der Waals surface area contributed by atoms with Gasteiger partial charge in [0.2, 0.25) is 0 Å². The summed E-state index contributed by atoms with van der Waals surface area (Å²) in [4.78, 5) is 12.1. The number of nitrogens with zero attached hydrogens (tertiary/aromatic N) is 3. The molecule has 104 valence electrons. The number of thioether (sulfide) groups is 1. The van der Waals surface area contributed by atoms with Gasteiger partial charge < -0.3 is 10.3 Å². The maximum absolute atomic E-state index is 8.21. The lowest BCUT2D eigenvalue weighted by atomic mass is 10.0. The molecule has 5 nitrogen and oxygen atoms in total. The fraction of sp³-hybridized carbons (Fsp3) is 0.429. The van der Waals surface area contributed by atoms with Gasteiger partial charge >= 0.3 is 0 Å². The van der Waals surface area contributed by atoms with Crippen LogP contribution in [0.3, 0.4) is 0 Å². The molecule has 3 rings (SSSR count). The molecular weight excluding hydrogens is 270 g/mol. The second-order valence-corrected chi connectivity index (χ2v) is 6.15. The van der Waals surface area contributed by atoms with Crippen LogP contribution in [0.5, 0.6) is 0 Å². The number of nitrogens with one attached hydrogen (secondary N) is 2. The van der Waals surface area contributed by atoms with Gasteiger partial charge in [0.25, 0.3) is 0 Å². The third-order valence-corrected chi connectivity index (χ3v) is 4.78. The average molecular weight is 287 g/mol. The highest BCUT2D eigenvalue weighted by Gasteiger charge is 2.31. The average Bonchev–Trinajstić information content (AvgIpc) is 3.03. The summed E-state index contributed by atoms with van der Waals surface area (Å²) in [5, 5.41) is 16.5. The first-order valence-corrected chi connectivity index (χ1v) is 7.54. The molecule has 1 saturated heterocycles. The normalized spacial score (nSPS) is 20.3. The Morgan fingerprint density at radius 1 is 1.25 bits per heavy atom. The highest BCUT2D eigenvalue weighted by molar-refractivity contribution is 8.15. The Hall–Kier alpha value is -1.69. The van der Waals surface area contributed by atoms with Crippen LogP contribution in [0.15, 0.2) is 16.8 Å². The minimum atomic E-state index is 0.477. The molecule has 2 aliphatic rings. The van der Waals surface area contributed by atoms with E-state index in [0.29, 0.717) is 10.8 Å². The topological polar surface area (TPSA) is 76.7 Å². The van der Waals surface area contributed by atoms with Crippen LogP contribution in [0.25, 0.3) is 5.57 Å². The van der Waals surface area contributed by atoms with Crippen molar-refractivity contribution in [2.75, 3.05) is 18.0 Å². The van der Waals surface area contributed by atoms with Crippen LogP contribution in [-0.2, 0) is 0 Å². The molecule has 3 heterocycles. The number of hydrogen-bond donors (Lipinski definition) is 2. The number of rotatable bonds is 2. The number of fused-ring (bicyclic) bond motifs is 1. The number of hydrogen-bond acceptors (Lipinski definition) is 6. The Bertz CT molecular complexity index is 628. The molecule has 1 aromatic heterocycles. The van der Waals surface area contributed by atoms with Gasteiger partial charge in [0.15, 0.2) is 0 Å². The van der Waals surface area contributed by atoms with Gasteiger partial charge in [-0.15, -0.1) is 0 Å². The monoisotopic (exact) mass is 287 g/mol. The molecule has 0 aromatic carbocycles. The summed E-state index contributed by atoms with van der Waals surface area (Å²) in [5.74, 6) is 0.952. The highest BCUT2D eigenvalue weighted by atomic mass is 32.2. The van der Waals surface area contributed by atoms with Crippen molar-refractivity contribution in [3.05, 3.63) is 17.6 Å². The third-order valence-electron chi connectivity index (χ3n) is 3.80. The number of anilines is 1. The fourth-order valence-corrected chi connectivity index (χ4v) is 3.67. The van der Waals surface area contributed by atoms with Crippen LogP contribution in [-0.4, -0.2) is 33.8 Å². The van der Waals surface area contributed by atoms with Gasteiger partial charge in [0.1, 0.15) is 17.2 Å². The first-order chi connectivity index (χ1) is 9.59. The van der Waals surface area contributed by atoms with Crippen molar-refractivity contribution in [3.63, 3.8) is 0 Å². The largest absolute Gasteiger partial charge is 0.356 e. The molecule has 6 heteroatoms. The van der Waals surface area contributed by atoms with Gasteiger partial charge in [-0.05, 0) is 32.3 Å². The van der Waals surface area contributed by atoms with E-state index >= 15 is 0 Å². The standard InChI is InChI=1S/C14H17N5S/c1-8(9(2)15)10-11-12(20-13(10)16)14(18-7-17-11)19-5-3-4-6-19/h7,15-16H,3-6H2,1-2H3/b10-8-,15-9?,16-13?. The summed E-state index contributed by atoms with van der Waals surface area (Å²) >= 11 is 1.42. The van der Waals surface area contributed by atoms with Crippen molar-refractivity contribution in [3.8, 4) is 0 Å². The number of aromatic nitrogens is 2. The van der Waals surface area contributed by atoms with Crippen molar-refractivity contribution in [2.24, 2.45) is 0 Å². The molecular formula is C14H17N5S. The van der Waals surface area contributed by atoms with Crippen LogP contribution in [0.1, 0.15) is 32.4 Å². The van der Waals surface area contributed by atoms with E-state index < -0.39 is 0 Å². The first-order valence-electron chi connectivity index (χ1n) is 6.73. The van der Waals surface area contributed by atoms with Crippen molar-refractivity contribution in [2.45, 2.75) is 31.6 Å². The van der Waals surface area contributed by atoms with E-state index in [9.17, 15) is 0 Å². The fourth-order valence-electron chi connectivity index (χ4n) is 2.59. The maximum Gasteiger partial charge on any atom is 0.146 e. The summed E-state index contributed by atoms with van der Waals surface area (Å²) in [6.45, 7) is 5.69. The summed E-state index contributed by atoms with van der Waals surface area (Å²) in [6, 6.07) is 0. The molecule has 0 amide bonds. The lowest BCUT2D eigenvalue weighted by molar-refractivity contribution is 0.898. The van der Waals surface area contributed by atoms with Gasteiger partial charge in [-0.2, -0.15) is 0 Å². The zero-order valence-electron chi connectivity index (χ0n) is 11.7. The van der Waals surface area contributed by atoms with Crippen molar-refractivity contribution in [1.82, 2.24) is 9.97 Å². The van der Waals surface area contributed by atoms with E-state index in [1.807, 2.05) is 6.92 Å². The van der Waals surface area contributed by atoms with Crippen molar-refractivity contribution >= 4 is 33.9 Å². The lowest BCUT2D eigenvalue weighted by Crippen LogP contribution is -2.20. The molecule has 0 unspecified atom stereocenters. The minimum Gasteiger partial charge on any atom is -0.356 e. The van der Waals surface area contributed by atoms with Crippen LogP contribution in [0.2, 0.25) is 0 Å². The van der Waals surface area contributed by atoms with E-state index in [-0.39, 0.29) is 0 Å². The SMILES string of the molecule is CC(=N)/C(C)=C1\C(=N)Sc2c1ncnc2N1CCCC1. The predicted octanol–water partition coefficient (Wildman–Crippen LogP) is 2.97. The predicted molar refractivity (Wildman–Crippen MR) is 83.1 cm³/mol. The molecule has 0 spiro atoms. The van der Waals surface area contributed by atoms with E-state index in [1.54, 1.807) is 13.3 Å². The molecule has 0 bridgehead atoms. The molecule has 0 atom stereocenters. The molecule has 2 N–H and O–H groups in total. The molecule has 2 aliphatic heterocycles. The Balaban J connectivity index is 2.13. The Morgan fingerprint density at radius 3 is 2.60 bits per heavy atom. The van der Waals surface area contributed by atoms with Gasteiger partial charge in [0.05, 0.1) is 10.6 Å². The van der Waals surface area contributed by atoms with Crippen LogP contribution in [0, 0.1) is 10.8 Å². The van der Waals surface area contributed by atoms with Crippen LogP contribution >= 0.6 is 11.8 Å². The smallest absolute Gasteiger partial charge is 0.146 e. The molecule has 20 heavy (non-hydrogen) atoms. The van der Waals surface area contributed by atoms with Gasteiger partial charge in [-0.1, -0.05) is 11.8 Å². The highest BCUT2D eigenvalue weighted by Crippen LogP contribution is 2.45. The van der Waals surface area contributed by atoms with E-state index in [2.05, 4.69) is 14.9 Å². The lowest BCUT2D eigenvalue weighted by Gasteiger charge is -2.18. The number of allylic oxidation sites excluding steroid dienone is 1. The molecule has 0 saturated carbocycles. The molecule has 0 aliphatic carbocycles. The Labute approximate surface area is 122 Å². The zero-order chi connectivity index (χ0) is 14.3. The Morgan fingerprint density at radius 2 is 1.95 bits per heavy atom. The maximum atomic E-state index is 8.21. The van der Waals surface area contributed by atoms with Crippen molar-refractivity contribution < 1.29 is 0 Å². The van der Waals surface area contributed by atoms with Gasteiger partial charge in [-0.3, -0.25) is 5.41 Å². The van der Waals surface area contributed by atoms with Gasteiger partial charge in [0, 0.05) is 24.4 Å². The summed E-state index contributed by atoms with van der Waals surface area (Å²) in [7, 11) is 0. The quantitative estimate of drug-likeness (QED) is 0.820. The van der Waals surface area contributed by atoms with Crippen LogP contribution < -0.4 is 4.90 Å². The van der Waals surface area contributed by atoms with Crippen LogP contribution in [0.4, 0.5) is 5.82 Å². The van der Waals surface area contributed by atoms with Crippen molar-refractivity contribution in [1.29, 1.82) is 10.8 Å². The summed E-state index contributed by atoms with van der Waals surface area (Å²) in [6.07, 6.45) is 3.97. The summed E-state index contributed by atoms with van der Waals surface area (Å²) in [5.41, 5.74) is 2.92. The Kier molecular flexibility index (Phi) is 3.33. The minimum absolute atomic E-state index is 0.477. The molecule has 1 fully saturated rings. The van der Waals surface area contributed by atoms with E-state index in [4.69, 9.17) is 10.8 Å². The molecule has 0 radical (unpaired) electrons. The third kappa shape index (κ3) is 2.04. The summed E-state index contributed by atoms with van der Waals surface area (Å²) < 4.78 is 0. The van der Waals surface area contributed by atoms with Gasteiger partial charge in [-0.25, -0.2) is 9.97 Å². The zero-order valence-corrected chi connectivity index (χ0v) is 12.5. The van der Waals surface area contributed by atoms with E-state index in [0.717, 1.165) is 40.6 Å².